The van der Waals surface area contributed by atoms with Gasteiger partial charge in [0.2, 0.25) is 0 Å². The Kier molecular flexibility index (Phi) is 4.27. The van der Waals surface area contributed by atoms with Crippen molar-refractivity contribution in [2.75, 3.05) is 13.6 Å². The summed E-state index contributed by atoms with van der Waals surface area (Å²) in [5.74, 6) is -0.0645. The predicted molar refractivity (Wildman–Crippen MR) is 88.6 cm³/mol. The highest BCUT2D eigenvalue weighted by atomic mass is 35.5. The summed E-state index contributed by atoms with van der Waals surface area (Å²) >= 11 is 5.92. The van der Waals surface area contributed by atoms with E-state index >= 15 is 0 Å². The Labute approximate surface area is 135 Å². The van der Waals surface area contributed by atoms with E-state index in [2.05, 4.69) is 24.1 Å². The van der Waals surface area contributed by atoms with Crippen LogP contribution in [0.15, 0.2) is 36.4 Å². The van der Waals surface area contributed by atoms with Crippen molar-refractivity contribution in [1.82, 2.24) is 4.90 Å². The van der Waals surface area contributed by atoms with Crippen LogP contribution in [-0.4, -0.2) is 28.7 Å². The summed E-state index contributed by atoms with van der Waals surface area (Å²) in [5.41, 5.74) is 3.51. The van der Waals surface area contributed by atoms with Gasteiger partial charge in [-0.25, -0.2) is 0 Å². The van der Waals surface area contributed by atoms with Crippen LogP contribution in [0.3, 0.4) is 0 Å². The van der Waals surface area contributed by atoms with Crippen molar-refractivity contribution in [3.05, 3.63) is 58.1 Å². The summed E-state index contributed by atoms with van der Waals surface area (Å²) in [7, 11) is 2.11. The number of benzene rings is 2. The zero-order valence-corrected chi connectivity index (χ0v) is 13.3. The second-order valence-electron chi connectivity index (χ2n) is 5.95. The fourth-order valence-electron chi connectivity index (χ4n) is 3.18. The Hall–Kier alpha value is -1.71. The Morgan fingerprint density at radius 1 is 1.14 bits per heavy atom. The third kappa shape index (κ3) is 3.06. The van der Waals surface area contributed by atoms with Gasteiger partial charge in [0.15, 0.2) is 11.5 Å². The van der Waals surface area contributed by atoms with Crippen LogP contribution in [0.25, 0.3) is 0 Å². The minimum atomic E-state index is -0.0365. The highest BCUT2D eigenvalue weighted by Crippen LogP contribution is 2.38. The first-order chi connectivity index (χ1) is 10.5. The Morgan fingerprint density at radius 3 is 2.55 bits per heavy atom. The van der Waals surface area contributed by atoms with E-state index in [0.717, 1.165) is 42.0 Å². The standard InChI is InChI=1S/C18H20ClNO2/c1-20-9-8-13-10-17(21)18(22)11-15(13)16(20)7-4-12-2-5-14(19)6-3-12/h2-3,5-6,10-11,16,21-22H,4,7-9H2,1H3. The Balaban J connectivity index is 1.81. The number of hydrogen-bond acceptors (Lipinski definition) is 3. The molecule has 0 aliphatic carbocycles. The molecule has 0 saturated heterocycles. The third-order valence-corrected chi connectivity index (χ3v) is 4.73. The number of halogens is 1. The molecule has 2 N–H and O–H groups in total. The van der Waals surface area contributed by atoms with E-state index in [-0.39, 0.29) is 17.5 Å². The summed E-state index contributed by atoms with van der Waals surface area (Å²) < 4.78 is 0. The van der Waals surface area contributed by atoms with Crippen LogP contribution in [-0.2, 0) is 12.8 Å². The minimum Gasteiger partial charge on any atom is -0.504 e. The number of rotatable bonds is 3. The first-order valence-electron chi connectivity index (χ1n) is 7.54. The molecule has 2 aromatic rings. The number of aromatic hydroxyl groups is 2. The lowest BCUT2D eigenvalue weighted by Crippen LogP contribution is -2.32. The fraction of sp³-hybridized carbons (Fsp3) is 0.333. The van der Waals surface area contributed by atoms with Gasteiger partial charge in [0.05, 0.1) is 0 Å². The number of aryl methyl sites for hydroxylation is 1. The van der Waals surface area contributed by atoms with Crippen molar-refractivity contribution >= 4 is 11.6 Å². The van der Waals surface area contributed by atoms with Crippen LogP contribution >= 0.6 is 11.6 Å². The number of hydrogen-bond donors (Lipinski definition) is 2. The van der Waals surface area contributed by atoms with Gasteiger partial charge in [-0.05, 0) is 67.3 Å². The molecule has 1 atom stereocenters. The summed E-state index contributed by atoms with van der Waals surface area (Å²) in [4.78, 5) is 2.31. The van der Waals surface area contributed by atoms with Gasteiger partial charge in [-0.2, -0.15) is 0 Å². The lowest BCUT2D eigenvalue weighted by Gasteiger charge is -2.35. The average Bonchev–Trinajstić information content (AvgIpc) is 2.50. The second-order valence-corrected chi connectivity index (χ2v) is 6.39. The molecule has 1 heterocycles. The maximum atomic E-state index is 9.81. The molecular formula is C18H20ClNO2. The molecule has 116 valence electrons. The molecule has 0 radical (unpaired) electrons. The van der Waals surface area contributed by atoms with E-state index < -0.39 is 0 Å². The summed E-state index contributed by atoms with van der Waals surface area (Å²) in [6.07, 6.45) is 2.82. The number of likely N-dealkylation sites (N-methyl/N-ethyl adjacent to an activating group) is 1. The topological polar surface area (TPSA) is 43.7 Å². The zero-order valence-electron chi connectivity index (χ0n) is 12.6. The molecular weight excluding hydrogens is 298 g/mol. The van der Waals surface area contributed by atoms with Crippen LogP contribution in [0.4, 0.5) is 0 Å². The molecule has 0 saturated carbocycles. The van der Waals surface area contributed by atoms with Crippen molar-refractivity contribution in [2.24, 2.45) is 0 Å². The highest BCUT2D eigenvalue weighted by Gasteiger charge is 2.25. The van der Waals surface area contributed by atoms with E-state index in [1.54, 1.807) is 12.1 Å². The largest absolute Gasteiger partial charge is 0.504 e. The molecule has 2 aromatic carbocycles. The van der Waals surface area contributed by atoms with E-state index in [9.17, 15) is 10.2 Å². The van der Waals surface area contributed by atoms with Crippen LogP contribution in [0.5, 0.6) is 11.5 Å². The molecule has 0 bridgehead atoms. The van der Waals surface area contributed by atoms with Crippen molar-refractivity contribution < 1.29 is 10.2 Å². The van der Waals surface area contributed by atoms with Crippen molar-refractivity contribution in [2.45, 2.75) is 25.3 Å². The first-order valence-corrected chi connectivity index (χ1v) is 7.92. The van der Waals surface area contributed by atoms with Gasteiger partial charge in [-0.1, -0.05) is 23.7 Å². The second kappa shape index (κ2) is 6.19. The van der Waals surface area contributed by atoms with Crippen LogP contribution in [0, 0.1) is 0 Å². The molecule has 1 aliphatic rings. The molecule has 1 unspecified atom stereocenters. The molecule has 3 rings (SSSR count). The van der Waals surface area contributed by atoms with Crippen LogP contribution in [0.2, 0.25) is 5.02 Å². The normalized spacial score (nSPS) is 18.2. The molecule has 0 aromatic heterocycles. The quantitative estimate of drug-likeness (QED) is 0.843. The van der Waals surface area contributed by atoms with Crippen molar-refractivity contribution in [3.63, 3.8) is 0 Å². The maximum Gasteiger partial charge on any atom is 0.157 e. The van der Waals surface area contributed by atoms with Gasteiger partial charge in [0.1, 0.15) is 0 Å². The number of phenols is 2. The van der Waals surface area contributed by atoms with Crippen LogP contribution < -0.4 is 0 Å². The molecule has 0 amide bonds. The summed E-state index contributed by atoms with van der Waals surface area (Å²) in [6.45, 7) is 0.961. The number of fused-ring (bicyclic) bond motifs is 1. The van der Waals surface area contributed by atoms with E-state index in [1.165, 1.54) is 5.56 Å². The third-order valence-electron chi connectivity index (χ3n) is 4.48. The first kappa shape index (κ1) is 15.2. The fourth-order valence-corrected chi connectivity index (χ4v) is 3.31. The van der Waals surface area contributed by atoms with Gasteiger partial charge >= 0.3 is 0 Å². The number of nitrogens with zero attached hydrogens (tertiary/aromatic N) is 1. The summed E-state index contributed by atoms with van der Waals surface area (Å²) in [5, 5.41) is 20.3. The maximum absolute atomic E-state index is 9.81. The Bertz CT molecular complexity index is 670. The number of phenolic OH excluding ortho intramolecular Hbond substituents is 2. The van der Waals surface area contributed by atoms with Gasteiger partial charge in [-0.15, -0.1) is 0 Å². The van der Waals surface area contributed by atoms with Gasteiger partial charge in [-0.3, -0.25) is 4.90 Å². The highest BCUT2D eigenvalue weighted by molar-refractivity contribution is 6.30. The summed E-state index contributed by atoms with van der Waals surface area (Å²) in [6, 6.07) is 11.6. The molecule has 4 heteroatoms. The molecule has 3 nitrogen and oxygen atoms in total. The molecule has 0 spiro atoms. The van der Waals surface area contributed by atoms with E-state index in [0.29, 0.717) is 0 Å². The SMILES string of the molecule is CN1CCc2cc(O)c(O)cc2C1CCc1ccc(Cl)cc1. The lowest BCUT2D eigenvalue weighted by molar-refractivity contribution is 0.218. The average molecular weight is 318 g/mol. The Morgan fingerprint density at radius 2 is 1.82 bits per heavy atom. The van der Waals surface area contributed by atoms with Crippen LogP contribution in [0.1, 0.15) is 29.2 Å². The van der Waals surface area contributed by atoms with Crippen molar-refractivity contribution in [1.29, 1.82) is 0 Å². The molecule has 22 heavy (non-hydrogen) atoms. The zero-order chi connectivity index (χ0) is 15.7. The van der Waals surface area contributed by atoms with E-state index in [4.69, 9.17) is 11.6 Å². The van der Waals surface area contributed by atoms with Gasteiger partial charge in [0, 0.05) is 17.6 Å². The predicted octanol–water partition coefficient (Wildman–Crippen LogP) is 3.91. The smallest absolute Gasteiger partial charge is 0.157 e. The minimum absolute atomic E-state index is 0.0280. The van der Waals surface area contributed by atoms with Gasteiger partial charge in [0.25, 0.3) is 0 Å². The monoisotopic (exact) mass is 317 g/mol. The molecule has 0 fully saturated rings. The molecule has 1 aliphatic heterocycles. The van der Waals surface area contributed by atoms with Crippen molar-refractivity contribution in [3.8, 4) is 11.5 Å². The van der Waals surface area contributed by atoms with Gasteiger partial charge < -0.3 is 10.2 Å². The lowest BCUT2D eigenvalue weighted by atomic mass is 9.89. The van der Waals surface area contributed by atoms with E-state index in [1.807, 2.05) is 12.1 Å².